The van der Waals surface area contributed by atoms with Crippen molar-refractivity contribution in [1.82, 2.24) is 10.6 Å². The Morgan fingerprint density at radius 3 is 3.00 bits per heavy atom. The number of nitrogens with one attached hydrogen (secondary N) is 3. The number of halogens is 1. The van der Waals surface area contributed by atoms with E-state index in [4.69, 9.17) is 0 Å². The number of hydrogen-bond donors (Lipinski definition) is 3. The summed E-state index contributed by atoms with van der Waals surface area (Å²) in [6.45, 7) is 1.29. The molecule has 4 rings (SSSR count). The van der Waals surface area contributed by atoms with Crippen molar-refractivity contribution in [2.75, 3.05) is 23.3 Å². The van der Waals surface area contributed by atoms with Crippen molar-refractivity contribution in [2.45, 2.75) is 25.2 Å². The fourth-order valence-electron chi connectivity index (χ4n) is 2.78. The van der Waals surface area contributed by atoms with Crippen molar-refractivity contribution in [1.29, 1.82) is 0 Å². The number of amides is 1. The Kier molecular flexibility index (Phi) is 2.23. The zero-order chi connectivity index (χ0) is 13.0. The first-order valence-corrected chi connectivity index (χ1v) is 6.63. The van der Waals surface area contributed by atoms with E-state index < -0.39 is 0 Å². The van der Waals surface area contributed by atoms with Gasteiger partial charge in [0.2, 0.25) is 0 Å². The molecule has 1 amide bonds. The van der Waals surface area contributed by atoms with Crippen LogP contribution in [-0.2, 0) is 0 Å². The highest BCUT2D eigenvalue weighted by Gasteiger charge is 2.37. The summed E-state index contributed by atoms with van der Waals surface area (Å²) in [5.74, 6) is -0.586. The third-order valence-electron chi connectivity index (χ3n) is 3.82. The topological polar surface area (TPSA) is 56.4 Å². The van der Waals surface area contributed by atoms with Gasteiger partial charge >= 0.3 is 0 Å². The summed E-state index contributed by atoms with van der Waals surface area (Å²) >= 11 is 0. The molecule has 2 aliphatic heterocycles. The Hall–Kier alpha value is -1.82. The minimum atomic E-state index is -0.384. The van der Waals surface area contributed by atoms with Gasteiger partial charge in [-0.15, -0.1) is 0 Å². The quantitative estimate of drug-likeness (QED) is 0.739. The second kappa shape index (κ2) is 3.84. The first-order valence-electron chi connectivity index (χ1n) is 6.63. The standard InChI is InChI=1S/C13H15FN4O/c14-7-5-9-11-10(6-7)17-13(16-8-1-2-8)18(11)4-3-15-12(9)19/h5-6,8,13,16-17H,1-4H2,(H,15,19). The summed E-state index contributed by atoms with van der Waals surface area (Å²) in [4.78, 5) is 14.1. The van der Waals surface area contributed by atoms with Crippen LogP contribution in [0.25, 0.3) is 0 Å². The van der Waals surface area contributed by atoms with Crippen LogP contribution in [0, 0.1) is 5.82 Å². The first kappa shape index (κ1) is 11.0. The van der Waals surface area contributed by atoms with Gasteiger partial charge in [0.25, 0.3) is 5.91 Å². The fraction of sp³-hybridized carbons (Fsp3) is 0.462. The van der Waals surface area contributed by atoms with E-state index in [1.54, 1.807) is 0 Å². The zero-order valence-electron chi connectivity index (χ0n) is 10.4. The second-order valence-corrected chi connectivity index (χ2v) is 5.29. The largest absolute Gasteiger partial charge is 0.351 e. The minimum absolute atomic E-state index is 0.0456. The third kappa shape index (κ3) is 1.74. The van der Waals surface area contributed by atoms with Crippen LogP contribution in [0.1, 0.15) is 23.2 Å². The van der Waals surface area contributed by atoms with Gasteiger partial charge in [0, 0.05) is 19.1 Å². The van der Waals surface area contributed by atoms with Crippen LogP contribution in [0.2, 0.25) is 0 Å². The van der Waals surface area contributed by atoms with Gasteiger partial charge in [-0.3, -0.25) is 10.1 Å². The molecule has 1 fully saturated rings. The van der Waals surface area contributed by atoms with Crippen LogP contribution in [0.3, 0.4) is 0 Å². The lowest BCUT2D eigenvalue weighted by Gasteiger charge is -2.26. The van der Waals surface area contributed by atoms with Crippen molar-refractivity contribution < 1.29 is 9.18 Å². The SMILES string of the molecule is O=C1NCCN2c3c(cc(F)cc31)NC2NC1CC1. The summed E-state index contributed by atoms with van der Waals surface area (Å²) in [5.41, 5.74) is 1.93. The average Bonchev–Trinajstić information content (AvgIpc) is 3.12. The van der Waals surface area contributed by atoms with E-state index in [1.165, 1.54) is 25.0 Å². The highest BCUT2D eigenvalue weighted by molar-refractivity contribution is 6.04. The number of anilines is 2. The molecular formula is C13H15FN4O. The summed E-state index contributed by atoms with van der Waals surface area (Å²) in [7, 11) is 0. The van der Waals surface area contributed by atoms with Crippen molar-refractivity contribution >= 4 is 17.3 Å². The molecule has 3 aliphatic rings. The lowest BCUT2D eigenvalue weighted by atomic mass is 10.1. The summed E-state index contributed by atoms with van der Waals surface area (Å²) in [5, 5.41) is 9.55. The van der Waals surface area contributed by atoms with Crippen molar-refractivity contribution in [3.63, 3.8) is 0 Å². The van der Waals surface area contributed by atoms with Gasteiger partial charge in [0.05, 0.1) is 16.9 Å². The molecule has 3 N–H and O–H groups in total. The third-order valence-corrected chi connectivity index (χ3v) is 3.82. The van der Waals surface area contributed by atoms with E-state index in [9.17, 15) is 9.18 Å². The molecule has 0 spiro atoms. The molecule has 5 nitrogen and oxygen atoms in total. The first-order chi connectivity index (χ1) is 9.22. The number of carbonyl (C=O) groups is 1. The van der Waals surface area contributed by atoms with E-state index >= 15 is 0 Å². The summed E-state index contributed by atoms with van der Waals surface area (Å²) in [6.07, 6.45) is 2.32. The van der Waals surface area contributed by atoms with Crippen LogP contribution in [-0.4, -0.2) is 31.3 Å². The van der Waals surface area contributed by atoms with Gasteiger partial charge in [-0.25, -0.2) is 4.39 Å². The Morgan fingerprint density at radius 2 is 2.21 bits per heavy atom. The number of rotatable bonds is 2. The van der Waals surface area contributed by atoms with Crippen LogP contribution in [0.15, 0.2) is 12.1 Å². The molecule has 1 aromatic carbocycles. The van der Waals surface area contributed by atoms with Crippen LogP contribution >= 0.6 is 0 Å². The summed E-state index contributed by atoms with van der Waals surface area (Å²) in [6, 6.07) is 3.30. The Labute approximate surface area is 110 Å². The lowest BCUT2D eigenvalue weighted by Crippen LogP contribution is -2.49. The van der Waals surface area contributed by atoms with Crippen LogP contribution in [0.4, 0.5) is 15.8 Å². The smallest absolute Gasteiger partial charge is 0.253 e. The maximum absolute atomic E-state index is 13.6. The Balaban J connectivity index is 1.78. The number of benzene rings is 1. The molecule has 0 aromatic heterocycles. The minimum Gasteiger partial charge on any atom is -0.351 e. The van der Waals surface area contributed by atoms with Gasteiger partial charge < -0.3 is 15.5 Å². The molecule has 19 heavy (non-hydrogen) atoms. The Morgan fingerprint density at radius 1 is 1.37 bits per heavy atom. The Bertz CT molecular complexity index is 558. The average molecular weight is 262 g/mol. The molecule has 6 heteroatoms. The normalized spacial score (nSPS) is 24.6. The maximum atomic E-state index is 13.6. The second-order valence-electron chi connectivity index (χ2n) is 5.29. The van der Waals surface area contributed by atoms with Crippen LogP contribution < -0.4 is 20.9 Å². The number of carbonyl (C=O) groups excluding carboxylic acids is 1. The van der Waals surface area contributed by atoms with Gasteiger partial charge in [-0.2, -0.15) is 0 Å². The highest BCUT2D eigenvalue weighted by atomic mass is 19.1. The van der Waals surface area contributed by atoms with Gasteiger partial charge in [0.1, 0.15) is 5.82 Å². The molecule has 1 unspecified atom stereocenters. The number of hydrogen-bond acceptors (Lipinski definition) is 4. The van der Waals surface area contributed by atoms with E-state index in [-0.39, 0.29) is 18.0 Å². The van der Waals surface area contributed by atoms with E-state index in [1.807, 2.05) is 0 Å². The lowest BCUT2D eigenvalue weighted by molar-refractivity contribution is 0.0957. The molecular weight excluding hydrogens is 247 g/mol. The maximum Gasteiger partial charge on any atom is 0.253 e. The highest BCUT2D eigenvalue weighted by Crippen LogP contribution is 2.39. The molecule has 0 saturated heterocycles. The fourth-order valence-corrected chi connectivity index (χ4v) is 2.78. The predicted octanol–water partition coefficient (Wildman–Crippen LogP) is 0.837. The van der Waals surface area contributed by atoms with Crippen molar-refractivity contribution in [3.05, 3.63) is 23.5 Å². The molecule has 0 radical (unpaired) electrons. The van der Waals surface area contributed by atoms with E-state index in [0.29, 0.717) is 23.8 Å². The molecule has 0 bridgehead atoms. The molecule has 1 aliphatic carbocycles. The van der Waals surface area contributed by atoms with Gasteiger partial charge in [-0.05, 0) is 25.0 Å². The van der Waals surface area contributed by atoms with Gasteiger partial charge in [0.15, 0.2) is 6.29 Å². The van der Waals surface area contributed by atoms with Crippen molar-refractivity contribution in [3.8, 4) is 0 Å². The molecule has 1 saturated carbocycles. The number of nitrogens with zero attached hydrogens (tertiary/aromatic N) is 1. The van der Waals surface area contributed by atoms with E-state index in [2.05, 4.69) is 20.9 Å². The van der Waals surface area contributed by atoms with Gasteiger partial charge in [-0.1, -0.05) is 0 Å². The van der Waals surface area contributed by atoms with E-state index in [0.717, 1.165) is 12.2 Å². The predicted molar refractivity (Wildman–Crippen MR) is 69.6 cm³/mol. The van der Waals surface area contributed by atoms with Crippen molar-refractivity contribution in [2.24, 2.45) is 0 Å². The molecule has 1 aromatic rings. The zero-order valence-corrected chi connectivity index (χ0v) is 10.4. The molecule has 2 heterocycles. The molecule has 1 atom stereocenters. The van der Waals surface area contributed by atoms with Crippen LogP contribution in [0.5, 0.6) is 0 Å². The monoisotopic (exact) mass is 262 g/mol. The summed E-state index contributed by atoms with van der Waals surface area (Å²) < 4.78 is 13.6. The molecule has 100 valence electrons.